The zero-order valence-electron chi connectivity index (χ0n) is 14.1. The van der Waals surface area contributed by atoms with Gasteiger partial charge in [-0.25, -0.2) is 4.98 Å². The topological polar surface area (TPSA) is 63.2 Å². The van der Waals surface area contributed by atoms with Crippen LogP contribution in [0, 0.1) is 18.8 Å². The Morgan fingerprint density at radius 2 is 2.04 bits per heavy atom. The Bertz CT molecular complexity index is 784. The molecule has 25 heavy (non-hydrogen) atoms. The zero-order valence-corrected chi connectivity index (χ0v) is 14.1. The van der Waals surface area contributed by atoms with Crippen molar-refractivity contribution < 1.29 is 9.53 Å². The number of nitrogens with one attached hydrogen (secondary N) is 2. The number of hydrogen-bond donors (Lipinski definition) is 2. The highest BCUT2D eigenvalue weighted by Gasteiger charge is 2.36. The fourth-order valence-corrected chi connectivity index (χ4v) is 3.36. The van der Waals surface area contributed by atoms with Crippen LogP contribution in [0.1, 0.15) is 12.0 Å². The molecule has 3 heterocycles. The number of rotatable bonds is 4. The average molecular weight is 335 g/mol. The zero-order chi connectivity index (χ0) is 17.2. The van der Waals surface area contributed by atoms with Gasteiger partial charge < -0.3 is 15.4 Å². The Kier molecular flexibility index (Phi) is 4.24. The van der Waals surface area contributed by atoms with Crippen molar-refractivity contribution in [1.29, 1.82) is 0 Å². The van der Waals surface area contributed by atoms with Gasteiger partial charge in [0.1, 0.15) is 5.75 Å². The SMILES string of the molecule is Cc1ccc(Oc2ccc(NC(=O)C3CC4C=CC3NC4)cn2)cc1. The van der Waals surface area contributed by atoms with Gasteiger partial charge in [-0.3, -0.25) is 4.79 Å². The molecule has 3 unspecified atom stereocenters. The van der Waals surface area contributed by atoms with Crippen LogP contribution in [0.4, 0.5) is 5.69 Å². The molecule has 1 aromatic heterocycles. The molecule has 0 spiro atoms. The van der Waals surface area contributed by atoms with Crippen LogP contribution in [0.25, 0.3) is 0 Å². The van der Waals surface area contributed by atoms with Gasteiger partial charge in [-0.15, -0.1) is 0 Å². The third kappa shape index (κ3) is 3.56. The maximum absolute atomic E-state index is 12.5. The molecule has 5 rings (SSSR count). The predicted molar refractivity (Wildman–Crippen MR) is 96.6 cm³/mol. The number of aromatic nitrogens is 1. The van der Waals surface area contributed by atoms with E-state index in [1.54, 1.807) is 12.3 Å². The first-order valence-electron chi connectivity index (χ1n) is 8.60. The molecule has 1 aromatic carbocycles. The summed E-state index contributed by atoms with van der Waals surface area (Å²) in [7, 11) is 0. The molecule has 5 nitrogen and oxygen atoms in total. The Hall–Kier alpha value is -2.66. The van der Waals surface area contributed by atoms with Crippen molar-refractivity contribution in [3.63, 3.8) is 0 Å². The molecule has 1 saturated heterocycles. The summed E-state index contributed by atoms with van der Waals surface area (Å²) in [5, 5.41) is 6.36. The number of carbonyl (C=O) groups is 1. The molecule has 3 atom stereocenters. The largest absolute Gasteiger partial charge is 0.439 e. The van der Waals surface area contributed by atoms with E-state index in [9.17, 15) is 4.79 Å². The number of amides is 1. The summed E-state index contributed by atoms with van der Waals surface area (Å²) < 4.78 is 5.71. The maximum Gasteiger partial charge on any atom is 0.229 e. The standard InChI is InChI=1S/C20H21N3O2/c1-13-2-6-16(7-3-13)25-19-9-5-15(12-22-19)23-20(24)17-10-14-4-8-18(17)21-11-14/h2-9,12,14,17-18,21H,10-11H2,1H3,(H,23,24). The third-order valence-electron chi connectivity index (χ3n) is 4.78. The van der Waals surface area contributed by atoms with Crippen LogP contribution in [0.5, 0.6) is 11.6 Å². The first-order chi connectivity index (χ1) is 12.2. The van der Waals surface area contributed by atoms with Crippen molar-refractivity contribution in [3.05, 3.63) is 60.3 Å². The number of pyridine rings is 1. The summed E-state index contributed by atoms with van der Waals surface area (Å²) in [5.41, 5.74) is 1.87. The average Bonchev–Trinajstić information content (AvgIpc) is 2.66. The van der Waals surface area contributed by atoms with Crippen LogP contribution >= 0.6 is 0 Å². The van der Waals surface area contributed by atoms with Gasteiger partial charge in [-0.05, 0) is 37.5 Å². The van der Waals surface area contributed by atoms with E-state index in [0.717, 1.165) is 18.7 Å². The number of ether oxygens (including phenoxy) is 1. The minimum Gasteiger partial charge on any atom is -0.439 e. The second-order valence-corrected chi connectivity index (χ2v) is 6.71. The van der Waals surface area contributed by atoms with Crippen molar-refractivity contribution in [3.8, 4) is 11.6 Å². The molecular formula is C20H21N3O2. The normalized spacial score (nSPS) is 24.1. The highest BCUT2D eigenvalue weighted by molar-refractivity contribution is 5.93. The van der Waals surface area contributed by atoms with E-state index in [4.69, 9.17) is 4.74 Å². The Labute approximate surface area is 147 Å². The summed E-state index contributed by atoms with van der Waals surface area (Å²) in [5.74, 6) is 1.73. The number of fused-ring (bicyclic) bond motifs is 2. The minimum atomic E-state index is -0.0211. The van der Waals surface area contributed by atoms with E-state index in [1.165, 1.54) is 5.56 Å². The lowest BCUT2D eigenvalue weighted by Crippen LogP contribution is -2.51. The second-order valence-electron chi connectivity index (χ2n) is 6.71. The summed E-state index contributed by atoms with van der Waals surface area (Å²) in [6.07, 6.45) is 6.86. The minimum absolute atomic E-state index is 0.0211. The molecule has 0 radical (unpaired) electrons. The summed E-state index contributed by atoms with van der Waals surface area (Å²) in [4.78, 5) is 16.8. The summed E-state index contributed by atoms with van der Waals surface area (Å²) >= 11 is 0. The van der Waals surface area contributed by atoms with Crippen LogP contribution in [0.3, 0.4) is 0 Å². The van der Waals surface area contributed by atoms with Crippen molar-refractivity contribution in [1.82, 2.24) is 10.3 Å². The quantitative estimate of drug-likeness (QED) is 0.842. The number of hydrogen-bond acceptors (Lipinski definition) is 4. The predicted octanol–water partition coefficient (Wildman–Crippen LogP) is 3.28. The molecule has 128 valence electrons. The summed E-state index contributed by atoms with van der Waals surface area (Å²) in [6, 6.07) is 11.5. The monoisotopic (exact) mass is 335 g/mol. The van der Waals surface area contributed by atoms with E-state index in [-0.39, 0.29) is 17.9 Å². The van der Waals surface area contributed by atoms with Gasteiger partial charge in [0, 0.05) is 18.7 Å². The van der Waals surface area contributed by atoms with E-state index in [1.807, 2.05) is 37.3 Å². The lowest BCUT2D eigenvalue weighted by molar-refractivity contribution is -0.121. The fourth-order valence-electron chi connectivity index (χ4n) is 3.36. The summed E-state index contributed by atoms with van der Waals surface area (Å²) in [6.45, 7) is 3.00. The molecule has 5 heteroatoms. The lowest BCUT2D eigenvalue weighted by atomic mass is 9.78. The highest BCUT2D eigenvalue weighted by atomic mass is 16.5. The Morgan fingerprint density at radius 3 is 2.64 bits per heavy atom. The highest BCUT2D eigenvalue weighted by Crippen LogP contribution is 2.29. The molecule has 2 aliphatic heterocycles. The first-order valence-corrected chi connectivity index (χ1v) is 8.60. The van der Waals surface area contributed by atoms with Crippen LogP contribution in [0.2, 0.25) is 0 Å². The smallest absolute Gasteiger partial charge is 0.229 e. The van der Waals surface area contributed by atoms with Gasteiger partial charge >= 0.3 is 0 Å². The molecule has 1 amide bonds. The number of carbonyl (C=O) groups excluding carboxylic acids is 1. The van der Waals surface area contributed by atoms with E-state index in [2.05, 4.69) is 27.8 Å². The molecule has 1 fully saturated rings. The van der Waals surface area contributed by atoms with Crippen LogP contribution < -0.4 is 15.4 Å². The second kappa shape index (κ2) is 6.69. The lowest BCUT2D eigenvalue weighted by Gasteiger charge is -2.37. The van der Waals surface area contributed by atoms with Crippen molar-refractivity contribution in [2.75, 3.05) is 11.9 Å². The number of anilines is 1. The molecule has 0 saturated carbocycles. The Morgan fingerprint density at radius 1 is 1.20 bits per heavy atom. The first kappa shape index (κ1) is 15.8. The van der Waals surface area contributed by atoms with Crippen molar-refractivity contribution in [2.24, 2.45) is 11.8 Å². The van der Waals surface area contributed by atoms with Crippen molar-refractivity contribution >= 4 is 11.6 Å². The molecular weight excluding hydrogens is 314 g/mol. The maximum atomic E-state index is 12.5. The van der Waals surface area contributed by atoms with Crippen LogP contribution in [-0.4, -0.2) is 23.5 Å². The molecule has 2 N–H and O–H groups in total. The van der Waals surface area contributed by atoms with E-state index in [0.29, 0.717) is 17.5 Å². The van der Waals surface area contributed by atoms with Gasteiger partial charge in [0.2, 0.25) is 11.8 Å². The number of piperidine rings is 1. The number of nitrogens with zero attached hydrogens (tertiary/aromatic N) is 1. The van der Waals surface area contributed by atoms with E-state index < -0.39 is 0 Å². The molecule has 3 aliphatic rings. The van der Waals surface area contributed by atoms with Gasteiger partial charge in [-0.1, -0.05) is 29.8 Å². The Balaban J connectivity index is 1.38. The van der Waals surface area contributed by atoms with Gasteiger partial charge in [0.25, 0.3) is 0 Å². The van der Waals surface area contributed by atoms with Gasteiger partial charge in [0.15, 0.2) is 0 Å². The number of benzene rings is 1. The molecule has 2 bridgehead atoms. The van der Waals surface area contributed by atoms with Crippen molar-refractivity contribution in [2.45, 2.75) is 19.4 Å². The molecule has 1 aliphatic carbocycles. The fraction of sp³-hybridized carbons (Fsp3) is 0.300. The van der Waals surface area contributed by atoms with E-state index >= 15 is 0 Å². The van der Waals surface area contributed by atoms with Gasteiger partial charge in [0.05, 0.1) is 17.8 Å². The molecule has 2 aromatic rings. The van der Waals surface area contributed by atoms with Crippen LogP contribution in [-0.2, 0) is 4.79 Å². The third-order valence-corrected chi connectivity index (χ3v) is 4.78. The number of aryl methyl sites for hydroxylation is 1. The van der Waals surface area contributed by atoms with Gasteiger partial charge in [-0.2, -0.15) is 0 Å². The van der Waals surface area contributed by atoms with Crippen LogP contribution in [0.15, 0.2) is 54.7 Å².